The molecule has 1 aromatic rings. The molecule has 0 heterocycles. The van der Waals surface area contributed by atoms with Gasteiger partial charge in [-0.25, -0.2) is 0 Å². The van der Waals surface area contributed by atoms with Crippen LogP contribution in [0.15, 0.2) is 24.3 Å². The van der Waals surface area contributed by atoms with Crippen molar-refractivity contribution in [1.82, 2.24) is 5.32 Å². The largest absolute Gasteiger partial charge is 0.392 e. The molecule has 18 heavy (non-hydrogen) atoms. The van der Waals surface area contributed by atoms with Gasteiger partial charge in [0.15, 0.2) is 0 Å². The number of rotatable bonds is 6. The second-order valence-corrected chi connectivity index (χ2v) is 4.78. The molecule has 4 heteroatoms. The van der Waals surface area contributed by atoms with Gasteiger partial charge in [-0.2, -0.15) is 0 Å². The Hall–Kier alpha value is -1.39. The van der Waals surface area contributed by atoms with Gasteiger partial charge in [0.2, 0.25) is 5.91 Å². The van der Waals surface area contributed by atoms with Gasteiger partial charge in [-0.1, -0.05) is 38.1 Å². The Morgan fingerprint density at radius 2 is 1.83 bits per heavy atom. The average molecular weight is 250 g/mol. The maximum atomic E-state index is 11.9. The highest BCUT2D eigenvalue weighted by Gasteiger charge is 2.19. The van der Waals surface area contributed by atoms with Crippen LogP contribution in [0.4, 0.5) is 0 Å². The molecule has 1 unspecified atom stereocenters. The van der Waals surface area contributed by atoms with Crippen LogP contribution >= 0.6 is 0 Å². The van der Waals surface area contributed by atoms with Crippen LogP contribution in [0.25, 0.3) is 0 Å². The van der Waals surface area contributed by atoms with E-state index < -0.39 is 0 Å². The summed E-state index contributed by atoms with van der Waals surface area (Å²) >= 11 is 0. The zero-order valence-electron chi connectivity index (χ0n) is 11.0. The lowest BCUT2D eigenvalue weighted by Crippen LogP contribution is -2.37. The van der Waals surface area contributed by atoms with Crippen molar-refractivity contribution in [1.29, 1.82) is 0 Å². The number of hydrogen-bond donors (Lipinski definition) is 3. The molecule has 1 atom stereocenters. The van der Waals surface area contributed by atoms with Crippen LogP contribution in [-0.4, -0.2) is 17.6 Å². The van der Waals surface area contributed by atoms with E-state index in [9.17, 15) is 4.79 Å². The molecule has 0 fully saturated rings. The molecular weight excluding hydrogens is 228 g/mol. The number of carbonyl (C=O) groups is 1. The minimum absolute atomic E-state index is 0.00117. The van der Waals surface area contributed by atoms with Crippen molar-refractivity contribution in [3.63, 3.8) is 0 Å². The molecule has 0 saturated carbocycles. The minimum Gasteiger partial charge on any atom is -0.392 e. The SMILES string of the molecule is CC(C)C(CN)C(=O)NCc1ccc(CO)cc1. The molecule has 0 aliphatic carbocycles. The van der Waals surface area contributed by atoms with E-state index in [-0.39, 0.29) is 24.3 Å². The van der Waals surface area contributed by atoms with Crippen LogP contribution in [0.3, 0.4) is 0 Å². The molecule has 0 radical (unpaired) electrons. The van der Waals surface area contributed by atoms with Crippen molar-refractivity contribution in [2.24, 2.45) is 17.6 Å². The third-order valence-corrected chi connectivity index (χ3v) is 3.07. The second kappa shape index (κ2) is 7.13. The van der Waals surface area contributed by atoms with E-state index in [1.807, 2.05) is 38.1 Å². The molecular formula is C14H22N2O2. The van der Waals surface area contributed by atoms with Crippen LogP contribution in [-0.2, 0) is 17.9 Å². The Bertz CT molecular complexity index is 374. The summed E-state index contributed by atoms with van der Waals surface area (Å²) in [5.41, 5.74) is 7.47. The van der Waals surface area contributed by atoms with Gasteiger partial charge >= 0.3 is 0 Å². The van der Waals surface area contributed by atoms with Gasteiger partial charge < -0.3 is 16.2 Å². The van der Waals surface area contributed by atoms with Crippen LogP contribution in [0.1, 0.15) is 25.0 Å². The van der Waals surface area contributed by atoms with Gasteiger partial charge in [-0.15, -0.1) is 0 Å². The molecule has 0 bridgehead atoms. The fourth-order valence-corrected chi connectivity index (χ4v) is 1.76. The van der Waals surface area contributed by atoms with Gasteiger partial charge in [0.1, 0.15) is 0 Å². The third kappa shape index (κ3) is 4.13. The first-order valence-electron chi connectivity index (χ1n) is 6.25. The van der Waals surface area contributed by atoms with Crippen LogP contribution < -0.4 is 11.1 Å². The Labute approximate surface area is 108 Å². The zero-order valence-corrected chi connectivity index (χ0v) is 11.0. The lowest BCUT2D eigenvalue weighted by Gasteiger charge is -2.18. The van der Waals surface area contributed by atoms with E-state index in [0.29, 0.717) is 13.1 Å². The first kappa shape index (κ1) is 14.7. The van der Waals surface area contributed by atoms with Gasteiger partial charge in [0, 0.05) is 13.1 Å². The van der Waals surface area contributed by atoms with Gasteiger partial charge in [-0.3, -0.25) is 4.79 Å². The maximum Gasteiger partial charge on any atom is 0.224 e. The first-order chi connectivity index (χ1) is 8.58. The predicted octanol–water partition coefficient (Wildman–Crippen LogP) is 1.03. The summed E-state index contributed by atoms with van der Waals surface area (Å²) in [5.74, 6) is 0.104. The average Bonchev–Trinajstić information content (AvgIpc) is 2.37. The zero-order chi connectivity index (χ0) is 13.5. The number of carbonyl (C=O) groups excluding carboxylic acids is 1. The smallest absolute Gasteiger partial charge is 0.224 e. The van der Waals surface area contributed by atoms with Gasteiger partial charge in [0.25, 0.3) is 0 Å². The molecule has 1 rings (SSSR count). The van der Waals surface area contributed by atoms with E-state index >= 15 is 0 Å². The number of aliphatic hydroxyl groups excluding tert-OH is 1. The quantitative estimate of drug-likeness (QED) is 0.705. The lowest BCUT2D eigenvalue weighted by atomic mass is 9.95. The summed E-state index contributed by atoms with van der Waals surface area (Å²) in [5, 5.41) is 11.8. The summed E-state index contributed by atoms with van der Waals surface area (Å²) < 4.78 is 0. The maximum absolute atomic E-state index is 11.9. The normalized spacial score (nSPS) is 12.5. The molecule has 0 saturated heterocycles. The Morgan fingerprint density at radius 1 is 1.28 bits per heavy atom. The number of amides is 1. The molecule has 4 N–H and O–H groups in total. The van der Waals surface area contributed by atoms with Crippen LogP contribution in [0.5, 0.6) is 0 Å². The standard InChI is InChI=1S/C14H22N2O2/c1-10(2)13(7-15)14(18)16-8-11-3-5-12(9-17)6-4-11/h3-6,10,13,17H,7-9,15H2,1-2H3,(H,16,18). The third-order valence-electron chi connectivity index (χ3n) is 3.07. The number of benzene rings is 1. The Kier molecular flexibility index (Phi) is 5.82. The number of aliphatic hydroxyl groups is 1. The molecule has 0 aliphatic rings. The monoisotopic (exact) mass is 250 g/mol. The Balaban J connectivity index is 2.51. The number of hydrogen-bond acceptors (Lipinski definition) is 3. The summed E-state index contributed by atoms with van der Waals surface area (Å²) in [6.45, 7) is 4.89. The molecule has 0 aromatic heterocycles. The van der Waals surface area contributed by atoms with Crippen molar-refractivity contribution in [2.75, 3.05) is 6.54 Å². The van der Waals surface area contributed by atoms with Crippen molar-refractivity contribution >= 4 is 5.91 Å². The van der Waals surface area contributed by atoms with E-state index in [1.165, 1.54) is 0 Å². The minimum atomic E-state index is -0.137. The molecule has 0 aliphatic heterocycles. The lowest BCUT2D eigenvalue weighted by molar-refractivity contribution is -0.126. The summed E-state index contributed by atoms with van der Waals surface area (Å²) in [6, 6.07) is 7.51. The molecule has 1 amide bonds. The van der Waals surface area contributed by atoms with E-state index in [1.54, 1.807) is 0 Å². The molecule has 100 valence electrons. The highest BCUT2D eigenvalue weighted by Crippen LogP contribution is 2.10. The number of nitrogens with two attached hydrogens (primary N) is 1. The van der Waals surface area contributed by atoms with E-state index in [2.05, 4.69) is 5.32 Å². The summed E-state index contributed by atoms with van der Waals surface area (Å²) in [4.78, 5) is 11.9. The van der Waals surface area contributed by atoms with Crippen LogP contribution in [0.2, 0.25) is 0 Å². The van der Waals surface area contributed by atoms with E-state index in [4.69, 9.17) is 10.8 Å². The molecule has 1 aromatic carbocycles. The fourth-order valence-electron chi connectivity index (χ4n) is 1.76. The molecule has 0 spiro atoms. The van der Waals surface area contributed by atoms with Gasteiger partial charge in [0.05, 0.1) is 12.5 Å². The summed E-state index contributed by atoms with van der Waals surface area (Å²) in [6.07, 6.45) is 0. The van der Waals surface area contributed by atoms with E-state index in [0.717, 1.165) is 11.1 Å². The highest BCUT2D eigenvalue weighted by molar-refractivity contribution is 5.79. The summed E-state index contributed by atoms with van der Waals surface area (Å²) in [7, 11) is 0. The fraction of sp³-hybridized carbons (Fsp3) is 0.500. The second-order valence-electron chi connectivity index (χ2n) is 4.78. The Morgan fingerprint density at radius 3 is 2.28 bits per heavy atom. The van der Waals surface area contributed by atoms with Crippen molar-refractivity contribution in [2.45, 2.75) is 27.0 Å². The van der Waals surface area contributed by atoms with Crippen molar-refractivity contribution < 1.29 is 9.90 Å². The van der Waals surface area contributed by atoms with Crippen molar-refractivity contribution in [3.8, 4) is 0 Å². The predicted molar refractivity (Wildman–Crippen MR) is 71.6 cm³/mol. The van der Waals surface area contributed by atoms with Crippen molar-refractivity contribution in [3.05, 3.63) is 35.4 Å². The highest BCUT2D eigenvalue weighted by atomic mass is 16.3. The first-order valence-corrected chi connectivity index (χ1v) is 6.25. The molecule has 4 nitrogen and oxygen atoms in total. The van der Waals surface area contributed by atoms with Crippen LogP contribution in [0, 0.1) is 11.8 Å². The topological polar surface area (TPSA) is 75.4 Å². The number of nitrogens with one attached hydrogen (secondary N) is 1. The van der Waals surface area contributed by atoms with Gasteiger partial charge in [-0.05, 0) is 17.0 Å².